The lowest BCUT2D eigenvalue weighted by molar-refractivity contribution is 0.0445. The number of piperidine rings is 1. The van der Waals surface area contributed by atoms with Gasteiger partial charge in [-0.05, 0) is 44.2 Å². The second-order valence-corrected chi connectivity index (χ2v) is 8.36. The maximum atomic E-state index is 12.6. The molecule has 1 aliphatic heterocycles. The third-order valence-electron chi connectivity index (χ3n) is 5.27. The van der Waals surface area contributed by atoms with E-state index < -0.39 is 0 Å². The Morgan fingerprint density at radius 1 is 1.19 bits per heavy atom. The van der Waals surface area contributed by atoms with Gasteiger partial charge in [-0.15, -0.1) is 0 Å². The molecule has 1 aromatic carbocycles. The van der Waals surface area contributed by atoms with Crippen LogP contribution < -0.4 is 5.32 Å². The first-order valence-corrected chi connectivity index (χ1v) is 9.48. The molecule has 0 radical (unpaired) electrons. The Hall–Kier alpha value is -2.14. The number of para-hydroxylation sites is 1. The zero-order valence-electron chi connectivity index (χ0n) is 16.3. The van der Waals surface area contributed by atoms with E-state index in [-0.39, 0.29) is 11.4 Å². The molecule has 1 amide bonds. The Morgan fingerprint density at radius 3 is 2.50 bits per heavy atom. The van der Waals surface area contributed by atoms with Crippen molar-refractivity contribution in [2.45, 2.75) is 39.7 Å². The normalized spacial score (nSPS) is 21.5. The first-order valence-electron chi connectivity index (χ1n) is 9.48. The van der Waals surface area contributed by atoms with Gasteiger partial charge in [0.25, 0.3) is 5.91 Å². The molecule has 3 rings (SSSR count). The summed E-state index contributed by atoms with van der Waals surface area (Å²) in [5.74, 6) is 1.34. The fourth-order valence-electron chi connectivity index (χ4n) is 3.83. The van der Waals surface area contributed by atoms with Crippen molar-refractivity contribution in [1.29, 1.82) is 0 Å². The van der Waals surface area contributed by atoms with Crippen LogP contribution in [0.5, 0.6) is 0 Å². The predicted molar refractivity (Wildman–Crippen MR) is 104 cm³/mol. The van der Waals surface area contributed by atoms with Gasteiger partial charge in [0.05, 0.1) is 17.4 Å². The number of likely N-dealkylation sites (tertiary alicyclic amines) is 1. The smallest absolute Gasteiger partial charge is 0.254 e. The Kier molecular flexibility index (Phi) is 5.47. The molecular formula is C21H30N4O. The molecule has 0 saturated carbocycles. The molecule has 0 bridgehead atoms. The molecular weight excluding hydrogens is 324 g/mol. The standard InChI is InChI=1S/C21H30N4O/c1-16-10-17(2)13-24(12-16)21(3,4)15-22-20(26)18-11-23-25(14-18)19-8-6-5-7-9-19/h5-9,11,14,16-17H,10,12-13,15H2,1-4H3,(H,22,26). The number of benzene rings is 1. The molecule has 0 aliphatic carbocycles. The van der Waals surface area contributed by atoms with E-state index in [4.69, 9.17) is 0 Å². The number of hydrogen-bond donors (Lipinski definition) is 1. The first-order chi connectivity index (χ1) is 12.3. The second kappa shape index (κ2) is 7.62. The van der Waals surface area contributed by atoms with Crippen LogP contribution in [-0.2, 0) is 0 Å². The highest BCUT2D eigenvalue weighted by Crippen LogP contribution is 2.26. The molecule has 2 heterocycles. The quantitative estimate of drug-likeness (QED) is 0.896. The molecule has 140 valence electrons. The summed E-state index contributed by atoms with van der Waals surface area (Å²) < 4.78 is 1.73. The van der Waals surface area contributed by atoms with Crippen LogP contribution in [0, 0.1) is 11.8 Å². The summed E-state index contributed by atoms with van der Waals surface area (Å²) in [6.45, 7) is 11.9. The molecule has 2 aromatic rings. The van der Waals surface area contributed by atoms with E-state index in [1.807, 2.05) is 30.3 Å². The second-order valence-electron chi connectivity index (χ2n) is 8.36. The number of nitrogens with one attached hydrogen (secondary N) is 1. The van der Waals surface area contributed by atoms with Crippen molar-refractivity contribution in [3.8, 4) is 5.69 Å². The van der Waals surface area contributed by atoms with Crippen LogP contribution in [0.1, 0.15) is 44.5 Å². The lowest BCUT2D eigenvalue weighted by Gasteiger charge is -2.45. The van der Waals surface area contributed by atoms with Gasteiger partial charge in [0.15, 0.2) is 0 Å². The molecule has 5 nitrogen and oxygen atoms in total. The highest BCUT2D eigenvalue weighted by molar-refractivity contribution is 5.93. The van der Waals surface area contributed by atoms with Crippen molar-refractivity contribution in [1.82, 2.24) is 20.0 Å². The van der Waals surface area contributed by atoms with Crippen LogP contribution in [-0.4, -0.2) is 45.8 Å². The predicted octanol–water partition coefficient (Wildman–Crippen LogP) is 3.36. The number of carbonyl (C=O) groups excluding carboxylic acids is 1. The van der Waals surface area contributed by atoms with Crippen molar-refractivity contribution in [3.05, 3.63) is 48.3 Å². The molecule has 1 aromatic heterocycles. The van der Waals surface area contributed by atoms with E-state index in [1.165, 1.54) is 6.42 Å². The fourth-order valence-corrected chi connectivity index (χ4v) is 3.83. The molecule has 5 heteroatoms. The van der Waals surface area contributed by atoms with Crippen LogP contribution in [0.3, 0.4) is 0 Å². The zero-order chi connectivity index (χ0) is 18.7. The maximum Gasteiger partial charge on any atom is 0.254 e. The van der Waals surface area contributed by atoms with Gasteiger partial charge in [-0.25, -0.2) is 4.68 Å². The Labute approximate surface area is 156 Å². The van der Waals surface area contributed by atoms with Crippen molar-refractivity contribution >= 4 is 5.91 Å². The van der Waals surface area contributed by atoms with E-state index in [9.17, 15) is 4.79 Å². The van der Waals surface area contributed by atoms with E-state index in [2.05, 4.69) is 43.0 Å². The summed E-state index contributed by atoms with van der Waals surface area (Å²) >= 11 is 0. The fraction of sp³-hybridized carbons (Fsp3) is 0.524. The first kappa shape index (κ1) is 18.6. The number of hydrogen-bond acceptors (Lipinski definition) is 3. The van der Waals surface area contributed by atoms with E-state index in [0.29, 0.717) is 23.9 Å². The van der Waals surface area contributed by atoms with Crippen LogP contribution in [0.2, 0.25) is 0 Å². The number of aromatic nitrogens is 2. The summed E-state index contributed by atoms with van der Waals surface area (Å²) in [6.07, 6.45) is 4.70. The van der Waals surface area contributed by atoms with Gasteiger partial charge in [-0.1, -0.05) is 32.0 Å². The highest BCUT2D eigenvalue weighted by atomic mass is 16.1. The minimum atomic E-state index is -0.0710. The van der Waals surface area contributed by atoms with Crippen molar-refractivity contribution in [3.63, 3.8) is 0 Å². The van der Waals surface area contributed by atoms with Gasteiger partial charge in [-0.2, -0.15) is 5.10 Å². The van der Waals surface area contributed by atoms with Crippen molar-refractivity contribution in [2.24, 2.45) is 11.8 Å². The van der Waals surface area contributed by atoms with Gasteiger partial charge in [0.1, 0.15) is 0 Å². The van der Waals surface area contributed by atoms with Crippen molar-refractivity contribution < 1.29 is 4.79 Å². The SMILES string of the molecule is CC1CC(C)CN(C(C)(C)CNC(=O)c2cnn(-c3ccccc3)c2)C1. The molecule has 2 unspecified atom stereocenters. The molecule has 2 atom stereocenters. The van der Waals surface area contributed by atoms with Gasteiger partial charge in [0.2, 0.25) is 0 Å². The lowest BCUT2D eigenvalue weighted by Crippen LogP contribution is -2.56. The molecule has 1 saturated heterocycles. The highest BCUT2D eigenvalue weighted by Gasteiger charge is 2.33. The van der Waals surface area contributed by atoms with E-state index >= 15 is 0 Å². The lowest BCUT2D eigenvalue weighted by atomic mass is 9.88. The Morgan fingerprint density at radius 2 is 1.85 bits per heavy atom. The van der Waals surface area contributed by atoms with Gasteiger partial charge in [-0.3, -0.25) is 9.69 Å². The number of nitrogens with zero attached hydrogens (tertiary/aromatic N) is 3. The summed E-state index contributed by atoms with van der Waals surface area (Å²) in [7, 11) is 0. The third kappa shape index (κ3) is 4.33. The van der Waals surface area contributed by atoms with Crippen LogP contribution in [0.4, 0.5) is 0 Å². The molecule has 1 aliphatic rings. The average molecular weight is 354 g/mol. The van der Waals surface area contributed by atoms with Gasteiger partial charge >= 0.3 is 0 Å². The monoisotopic (exact) mass is 354 g/mol. The Bertz CT molecular complexity index is 727. The molecule has 26 heavy (non-hydrogen) atoms. The van der Waals surface area contributed by atoms with Crippen molar-refractivity contribution in [2.75, 3.05) is 19.6 Å². The summed E-state index contributed by atoms with van der Waals surface area (Å²) in [5, 5.41) is 7.40. The largest absolute Gasteiger partial charge is 0.350 e. The topological polar surface area (TPSA) is 50.2 Å². The van der Waals surface area contributed by atoms with E-state index in [0.717, 1.165) is 18.8 Å². The maximum absolute atomic E-state index is 12.6. The minimum Gasteiger partial charge on any atom is -0.350 e. The van der Waals surface area contributed by atoms with Crippen LogP contribution in [0.25, 0.3) is 5.69 Å². The molecule has 1 N–H and O–H groups in total. The Balaban J connectivity index is 1.61. The zero-order valence-corrected chi connectivity index (χ0v) is 16.3. The summed E-state index contributed by atoms with van der Waals surface area (Å²) in [6, 6.07) is 9.82. The average Bonchev–Trinajstić information content (AvgIpc) is 3.10. The van der Waals surface area contributed by atoms with Gasteiger partial charge in [0, 0.05) is 31.4 Å². The summed E-state index contributed by atoms with van der Waals surface area (Å²) in [4.78, 5) is 15.1. The van der Waals surface area contributed by atoms with Crippen LogP contribution >= 0.6 is 0 Å². The third-order valence-corrected chi connectivity index (χ3v) is 5.27. The van der Waals surface area contributed by atoms with Gasteiger partial charge < -0.3 is 5.32 Å². The number of carbonyl (C=O) groups is 1. The molecule has 1 fully saturated rings. The minimum absolute atomic E-state index is 0.0615. The van der Waals surface area contributed by atoms with E-state index in [1.54, 1.807) is 17.1 Å². The number of amides is 1. The molecule has 0 spiro atoms. The van der Waals surface area contributed by atoms with Crippen LogP contribution in [0.15, 0.2) is 42.7 Å². The summed E-state index contributed by atoms with van der Waals surface area (Å²) in [5.41, 5.74) is 1.47. The number of rotatable bonds is 5.